The maximum Gasteiger partial charge on any atom is 0.143 e. The van der Waals surface area contributed by atoms with Gasteiger partial charge in [0.2, 0.25) is 0 Å². The number of fused-ring (bicyclic) bond motifs is 3. The number of halogens is 1. The summed E-state index contributed by atoms with van der Waals surface area (Å²) in [4.78, 5) is 0. The van der Waals surface area contributed by atoms with E-state index >= 15 is 0 Å². The first-order chi connectivity index (χ1) is 16.8. The molecular weight excluding hydrogens is 480 g/mol. The van der Waals surface area contributed by atoms with Gasteiger partial charge in [0.15, 0.2) is 0 Å². The lowest BCUT2D eigenvalue weighted by molar-refractivity contribution is 0.669. The van der Waals surface area contributed by atoms with E-state index in [1.165, 1.54) is 59.8 Å². The molecule has 0 amide bonds. The third-order valence-corrected chi connectivity index (χ3v) is 8.43. The number of furan rings is 1. The first-order valence-electron chi connectivity index (χ1n) is 11.7. The predicted molar refractivity (Wildman–Crippen MR) is 142 cm³/mol. The van der Waals surface area contributed by atoms with Crippen LogP contribution in [-0.4, -0.2) is 0 Å². The summed E-state index contributed by atoms with van der Waals surface area (Å²) in [5.41, 5.74) is 12.9. The van der Waals surface area contributed by atoms with Crippen molar-refractivity contribution in [3.8, 4) is 11.1 Å². The molecule has 9 rings (SSSR count). The van der Waals surface area contributed by atoms with Crippen LogP contribution in [-0.2, 0) is 0 Å². The molecule has 0 N–H and O–H groups in total. The molecule has 0 saturated heterocycles. The SMILES string of the molecule is Brc1ccc(-c2cccc3c2oc2ccccc23)c2c1C1c3ccccc3C2c2ccccc21. The van der Waals surface area contributed by atoms with Gasteiger partial charge in [-0.2, -0.15) is 0 Å². The first-order valence-corrected chi connectivity index (χ1v) is 12.5. The van der Waals surface area contributed by atoms with Gasteiger partial charge in [-0.15, -0.1) is 0 Å². The Balaban J connectivity index is 1.49. The van der Waals surface area contributed by atoms with Crippen LogP contribution in [0.5, 0.6) is 0 Å². The normalized spacial score (nSPS) is 17.6. The Kier molecular flexibility index (Phi) is 3.70. The van der Waals surface area contributed by atoms with Crippen LogP contribution in [0.4, 0.5) is 0 Å². The number of benzene rings is 5. The zero-order valence-corrected chi connectivity index (χ0v) is 19.8. The molecule has 0 aliphatic heterocycles. The fourth-order valence-electron chi connectivity index (χ4n) is 6.44. The van der Waals surface area contributed by atoms with Gasteiger partial charge in [0.25, 0.3) is 0 Å². The van der Waals surface area contributed by atoms with Crippen molar-refractivity contribution in [1.82, 2.24) is 0 Å². The fraction of sp³-hybridized carbons (Fsp3) is 0.0625. The summed E-state index contributed by atoms with van der Waals surface area (Å²) in [6.07, 6.45) is 0. The minimum atomic E-state index is 0.208. The second-order valence-corrected chi connectivity index (χ2v) is 10.2. The van der Waals surface area contributed by atoms with E-state index in [2.05, 4.69) is 113 Å². The molecule has 3 aliphatic rings. The summed E-state index contributed by atoms with van der Waals surface area (Å²) in [5.74, 6) is 0.441. The molecule has 1 heterocycles. The third kappa shape index (κ3) is 2.29. The maximum atomic E-state index is 6.47. The Hall–Kier alpha value is -3.62. The second kappa shape index (κ2) is 6.71. The zero-order valence-electron chi connectivity index (χ0n) is 18.3. The van der Waals surface area contributed by atoms with Crippen LogP contribution in [0.15, 0.2) is 112 Å². The average Bonchev–Trinajstić information content (AvgIpc) is 3.28. The van der Waals surface area contributed by atoms with Gasteiger partial charge in [-0.1, -0.05) is 107 Å². The molecule has 160 valence electrons. The Labute approximate surface area is 205 Å². The lowest BCUT2D eigenvalue weighted by atomic mass is 9.60. The molecule has 34 heavy (non-hydrogen) atoms. The van der Waals surface area contributed by atoms with Crippen molar-refractivity contribution in [2.45, 2.75) is 11.8 Å². The van der Waals surface area contributed by atoms with Crippen molar-refractivity contribution < 1.29 is 4.42 Å². The molecule has 0 unspecified atom stereocenters. The van der Waals surface area contributed by atoms with Gasteiger partial charge in [-0.25, -0.2) is 0 Å². The van der Waals surface area contributed by atoms with Crippen LogP contribution in [0, 0.1) is 0 Å². The molecule has 6 aromatic rings. The summed E-state index contributed by atoms with van der Waals surface area (Å²) in [5, 5.41) is 2.34. The summed E-state index contributed by atoms with van der Waals surface area (Å²) < 4.78 is 7.65. The van der Waals surface area contributed by atoms with Crippen molar-refractivity contribution >= 4 is 37.9 Å². The van der Waals surface area contributed by atoms with Crippen molar-refractivity contribution in [1.29, 1.82) is 0 Å². The summed E-state index contributed by atoms with van der Waals surface area (Å²) in [6.45, 7) is 0. The van der Waals surface area contributed by atoms with Crippen molar-refractivity contribution in [3.63, 3.8) is 0 Å². The van der Waals surface area contributed by atoms with Crippen LogP contribution in [0.1, 0.15) is 45.2 Å². The number of para-hydroxylation sites is 2. The molecule has 0 saturated carbocycles. The van der Waals surface area contributed by atoms with Crippen molar-refractivity contribution in [3.05, 3.63) is 141 Å². The highest BCUT2D eigenvalue weighted by Crippen LogP contribution is 2.59. The van der Waals surface area contributed by atoms with Gasteiger partial charge < -0.3 is 4.42 Å². The monoisotopic (exact) mass is 498 g/mol. The predicted octanol–water partition coefficient (Wildman–Crippen LogP) is 9.00. The van der Waals surface area contributed by atoms with E-state index in [1.807, 2.05) is 6.07 Å². The van der Waals surface area contributed by atoms with Gasteiger partial charge in [-0.05, 0) is 51.1 Å². The standard InChI is InChI=1S/C32H19BrO/c33-26-17-16-23(25-14-7-13-24-18-8-5-6-15-27(18)34-32(24)25)30-28-19-9-1-3-11-21(19)29(31(26)30)22-12-4-2-10-20(22)28/h1-17,28-29H. The van der Waals surface area contributed by atoms with Gasteiger partial charge in [-0.3, -0.25) is 0 Å². The quantitative estimate of drug-likeness (QED) is 0.220. The van der Waals surface area contributed by atoms with Crippen LogP contribution in [0.25, 0.3) is 33.1 Å². The van der Waals surface area contributed by atoms with E-state index in [0.29, 0.717) is 0 Å². The highest BCUT2D eigenvalue weighted by molar-refractivity contribution is 9.10. The molecule has 5 aromatic carbocycles. The molecule has 1 aromatic heterocycles. The van der Waals surface area contributed by atoms with Gasteiger partial charge in [0.05, 0.1) is 0 Å². The van der Waals surface area contributed by atoms with Crippen molar-refractivity contribution in [2.75, 3.05) is 0 Å². The molecule has 0 radical (unpaired) electrons. The Morgan fingerprint density at radius 1 is 0.500 bits per heavy atom. The molecule has 2 heteroatoms. The molecule has 0 atom stereocenters. The molecule has 3 aliphatic carbocycles. The van der Waals surface area contributed by atoms with Gasteiger partial charge in [0, 0.05) is 32.6 Å². The number of hydrogen-bond acceptors (Lipinski definition) is 1. The van der Waals surface area contributed by atoms with Crippen LogP contribution in [0.2, 0.25) is 0 Å². The highest BCUT2D eigenvalue weighted by Gasteiger charge is 2.43. The van der Waals surface area contributed by atoms with E-state index in [4.69, 9.17) is 4.42 Å². The second-order valence-electron chi connectivity index (χ2n) is 9.33. The summed E-state index contributed by atoms with van der Waals surface area (Å²) >= 11 is 3.95. The average molecular weight is 499 g/mol. The van der Waals surface area contributed by atoms with Gasteiger partial charge in [0.1, 0.15) is 11.2 Å². The molecule has 0 fully saturated rings. The zero-order chi connectivity index (χ0) is 22.4. The minimum Gasteiger partial charge on any atom is -0.455 e. The van der Waals surface area contributed by atoms with E-state index in [9.17, 15) is 0 Å². The molecule has 1 nitrogen and oxygen atoms in total. The van der Waals surface area contributed by atoms with Crippen LogP contribution in [0.3, 0.4) is 0 Å². The Morgan fingerprint density at radius 2 is 1.09 bits per heavy atom. The highest BCUT2D eigenvalue weighted by atomic mass is 79.9. The summed E-state index contributed by atoms with van der Waals surface area (Å²) in [7, 11) is 0. The van der Waals surface area contributed by atoms with Crippen LogP contribution >= 0.6 is 15.9 Å². The third-order valence-electron chi connectivity index (χ3n) is 7.74. The first kappa shape index (κ1) is 18.8. The van der Waals surface area contributed by atoms with E-state index in [-0.39, 0.29) is 11.8 Å². The lowest BCUT2D eigenvalue weighted by Gasteiger charge is -2.43. The molecule has 2 bridgehead atoms. The Morgan fingerprint density at radius 3 is 1.79 bits per heavy atom. The number of hydrogen-bond donors (Lipinski definition) is 0. The van der Waals surface area contributed by atoms with Crippen LogP contribution < -0.4 is 0 Å². The lowest BCUT2D eigenvalue weighted by Crippen LogP contribution is -2.28. The molecule has 0 spiro atoms. The van der Waals surface area contributed by atoms with Crippen molar-refractivity contribution in [2.24, 2.45) is 0 Å². The van der Waals surface area contributed by atoms with E-state index in [1.54, 1.807) is 0 Å². The molecular formula is C32H19BrO. The van der Waals surface area contributed by atoms with E-state index < -0.39 is 0 Å². The fourth-order valence-corrected chi connectivity index (χ4v) is 7.01. The maximum absolute atomic E-state index is 6.47. The van der Waals surface area contributed by atoms with E-state index in [0.717, 1.165) is 11.2 Å². The Bertz CT molecular complexity index is 1740. The smallest absolute Gasteiger partial charge is 0.143 e. The topological polar surface area (TPSA) is 13.1 Å². The summed E-state index contributed by atoms with van der Waals surface area (Å²) in [6, 6.07) is 37.4. The minimum absolute atomic E-state index is 0.208. The largest absolute Gasteiger partial charge is 0.455 e. The number of rotatable bonds is 1. The van der Waals surface area contributed by atoms with Gasteiger partial charge >= 0.3 is 0 Å².